The van der Waals surface area contributed by atoms with Gasteiger partial charge in [0.2, 0.25) is 11.9 Å². The number of imidazole rings is 1. The number of aryl methyl sites for hydroxylation is 1. The maximum absolute atomic E-state index is 14.8. The van der Waals surface area contributed by atoms with Crippen LogP contribution in [0.1, 0.15) is 32.1 Å². The highest BCUT2D eigenvalue weighted by atomic mass is 19.1. The smallest absolute Gasteiger partial charge is 0.248 e. The van der Waals surface area contributed by atoms with E-state index < -0.39 is 36.3 Å². The summed E-state index contributed by atoms with van der Waals surface area (Å²) < 4.78 is 31.4. The molecule has 2 atom stereocenters. The molecule has 176 valence electrons. The van der Waals surface area contributed by atoms with Crippen LogP contribution in [0.4, 0.5) is 14.7 Å². The Bertz CT molecular complexity index is 1200. The number of nitrogens with one attached hydrogen (secondary N) is 1. The number of anilines is 1. The van der Waals surface area contributed by atoms with Gasteiger partial charge in [0.1, 0.15) is 23.6 Å². The Kier molecular flexibility index (Phi) is 6.26. The Morgan fingerprint density at radius 3 is 2.70 bits per heavy atom. The third-order valence-electron chi connectivity index (χ3n) is 5.84. The Morgan fingerprint density at radius 1 is 1.27 bits per heavy atom. The lowest BCUT2D eigenvalue weighted by atomic mass is 10.0. The van der Waals surface area contributed by atoms with E-state index in [0.29, 0.717) is 24.3 Å². The number of benzene rings is 1. The SMILES string of the molecule is Cc1nc2c(F)cc(-c3nc(N[C@@H]4CCN(C(=O)CO)C[C@H]4O)ncc3F)cc2n1C(C)C. The first-order valence-electron chi connectivity index (χ1n) is 10.7. The average molecular weight is 460 g/mol. The first-order chi connectivity index (χ1) is 15.7. The lowest BCUT2D eigenvalue weighted by Gasteiger charge is -2.36. The van der Waals surface area contributed by atoms with Crippen LogP contribution in [0.2, 0.25) is 0 Å². The summed E-state index contributed by atoms with van der Waals surface area (Å²) in [7, 11) is 0. The van der Waals surface area contributed by atoms with Gasteiger partial charge >= 0.3 is 0 Å². The highest BCUT2D eigenvalue weighted by molar-refractivity contribution is 5.83. The van der Waals surface area contributed by atoms with Gasteiger partial charge < -0.3 is 25.0 Å². The van der Waals surface area contributed by atoms with Crippen LogP contribution in [0, 0.1) is 18.6 Å². The Hall–Kier alpha value is -3.18. The van der Waals surface area contributed by atoms with E-state index >= 15 is 0 Å². The van der Waals surface area contributed by atoms with Crippen molar-refractivity contribution in [2.45, 2.75) is 45.4 Å². The normalized spacial score (nSPS) is 18.8. The van der Waals surface area contributed by atoms with Crippen molar-refractivity contribution in [3.63, 3.8) is 0 Å². The summed E-state index contributed by atoms with van der Waals surface area (Å²) in [5, 5.41) is 22.4. The number of β-amino-alcohol motifs (C(OH)–C–C–N with tert-alkyl or cyclic N) is 1. The van der Waals surface area contributed by atoms with Gasteiger partial charge in [-0.1, -0.05) is 0 Å². The van der Waals surface area contributed by atoms with E-state index in [9.17, 15) is 18.7 Å². The van der Waals surface area contributed by atoms with E-state index in [2.05, 4.69) is 20.3 Å². The number of aromatic nitrogens is 4. The highest BCUT2D eigenvalue weighted by Crippen LogP contribution is 2.30. The average Bonchev–Trinajstić information content (AvgIpc) is 3.12. The molecule has 0 saturated carbocycles. The number of aliphatic hydroxyl groups excluding tert-OH is 2. The fourth-order valence-electron chi connectivity index (χ4n) is 4.29. The molecule has 1 aliphatic heterocycles. The third kappa shape index (κ3) is 4.38. The van der Waals surface area contributed by atoms with Crippen molar-refractivity contribution in [2.24, 2.45) is 0 Å². The summed E-state index contributed by atoms with van der Waals surface area (Å²) >= 11 is 0. The molecule has 11 heteroatoms. The van der Waals surface area contributed by atoms with Crippen LogP contribution in [0.5, 0.6) is 0 Å². The maximum atomic E-state index is 14.8. The topological polar surface area (TPSA) is 116 Å². The zero-order chi connectivity index (χ0) is 23.9. The van der Waals surface area contributed by atoms with Gasteiger partial charge in [-0.25, -0.2) is 23.7 Å². The number of carbonyl (C=O) groups is 1. The number of nitrogens with zero attached hydrogens (tertiary/aromatic N) is 5. The van der Waals surface area contributed by atoms with Crippen LogP contribution >= 0.6 is 0 Å². The molecule has 1 fully saturated rings. The van der Waals surface area contributed by atoms with Crippen molar-refractivity contribution in [1.82, 2.24) is 24.4 Å². The van der Waals surface area contributed by atoms with Gasteiger partial charge in [-0.3, -0.25) is 4.79 Å². The molecule has 0 radical (unpaired) electrons. The van der Waals surface area contributed by atoms with Gasteiger partial charge in [0.05, 0.1) is 23.9 Å². The molecule has 33 heavy (non-hydrogen) atoms. The standard InChI is InChI=1S/C22H26F2N6O3/c1-11(2)30-12(3)26-21-14(23)6-13(7-17(21)30)20-15(24)8-25-22(28-20)27-16-4-5-29(9-18(16)32)19(33)10-31/h6-8,11,16,18,31-32H,4-5,9-10H2,1-3H3,(H,25,27,28)/t16-,18-/m1/s1. The molecule has 4 rings (SSSR count). The predicted molar refractivity (Wildman–Crippen MR) is 117 cm³/mol. The fourth-order valence-corrected chi connectivity index (χ4v) is 4.29. The van der Waals surface area contributed by atoms with Gasteiger partial charge in [0.25, 0.3) is 0 Å². The molecular weight excluding hydrogens is 434 g/mol. The number of likely N-dealkylation sites (tertiary alicyclic amines) is 1. The van der Waals surface area contributed by atoms with Gasteiger partial charge in [0.15, 0.2) is 11.6 Å². The van der Waals surface area contributed by atoms with Crippen LogP contribution in [0.25, 0.3) is 22.3 Å². The largest absolute Gasteiger partial charge is 0.389 e. The second-order valence-electron chi connectivity index (χ2n) is 8.44. The minimum atomic E-state index is -0.927. The number of hydrogen-bond donors (Lipinski definition) is 3. The molecule has 3 aromatic rings. The zero-order valence-electron chi connectivity index (χ0n) is 18.6. The van der Waals surface area contributed by atoms with Crippen molar-refractivity contribution >= 4 is 22.9 Å². The number of hydrogen-bond acceptors (Lipinski definition) is 7. The fraction of sp³-hybridized carbons (Fsp3) is 0.455. The molecule has 0 aliphatic carbocycles. The van der Waals surface area contributed by atoms with E-state index in [1.807, 2.05) is 18.4 Å². The molecular formula is C22H26F2N6O3. The van der Waals surface area contributed by atoms with Crippen molar-refractivity contribution in [3.05, 3.63) is 35.8 Å². The summed E-state index contributed by atoms with van der Waals surface area (Å²) in [6.45, 7) is 5.46. The molecule has 0 spiro atoms. The van der Waals surface area contributed by atoms with Crippen molar-refractivity contribution in [2.75, 3.05) is 25.0 Å². The maximum Gasteiger partial charge on any atom is 0.248 e. The second kappa shape index (κ2) is 8.99. The summed E-state index contributed by atoms with van der Waals surface area (Å²) in [5.74, 6) is -1.02. The van der Waals surface area contributed by atoms with E-state index in [4.69, 9.17) is 5.11 Å². The molecule has 1 amide bonds. The van der Waals surface area contributed by atoms with Gasteiger partial charge in [-0.2, -0.15) is 0 Å². The molecule has 0 bridgehead atoms. The van der Waals surface area contributed by atoms with Gasteiger partial charge in [0, 0.05) is 24.7 Å². The molecule has 1 aliphatic rings. The minimum Gasteiger partial charge on any atom is -0.389 e. The number of aliphatic hydroxyl groups is 2. The Balaban J connectivity index is 1.64. The molecule has 1 saturated heterocycles. The second-order valence-corrected chi connectivity index (χ2v) is 8.44. The van der Waals surface area contributed by atoms with E-state index in [0.717, 1.165) is 6.20 Å². The third-order valence-corrected chi connectivity index (χ3v) is 5.84. The molecule has 3 heterocycles. The lowest BCUT2D eigenvalue weighted by Crippen LogP contribution is -2.52. The van der Waals surface area contributed by atoms with Crippen LogP contribution in [0.3, 0.4) is 0 Å². The van der Waals surface area contributed by atoms with Gasteiger partial charge in [-0.15, -0.1) is 0 Å². The molecule has 9 nitrogen and oxygen atoms in total. The summed E-state index contributed by atoms with van der Waals surface area (Å²) in [5.41, 5.74) is 0.921. The number of amides is 1. The summed E-state index contributed by atoms with van der Waals surface area (Å²) in [4.78, 5) is 25.5. The molecule has 0 unspecified atom stereocenters. The van der Waals surface area contributed by atoms with Crippen LogP contribution in [-0.2, 0) is 4.79 Å². The van der Waals surface area contributed by atoms with E-state index in [-0.39, 0.29) is 35.3 Å². The number of carbonyl (C=O) groups excluding carboxylic acids is 1. The van der Waals surface area contributed by atoms with Crippen LogP contribution < -0.4 is 5.32 Å². The molecule has 3 N–H and O–H groups in total. The summed E-state index contributed by atoms with van der Waals surface area (Å²) in [6.07, 6.45) is 0.453. The van der Waals surface area contributed by atoms with E-state index in [1.54, 1.807) is 13.0 Å². The van der Waals surface area contributed by atoms with Crippen molar-refractivity contribution in [3.8, 4) is 11.3 Å². The van der Waals surface area contributed by atoms with Crippen LogP contribution in [0.15, 0.2) is 18.3 Å². The molecule has 2 aromatic heterocycles. The first kappa shape index (κ1) is 23.0. The van der Waals surface area contributed by atoms with E-state index in [1.165, 1.54) is 11.0 Å². The first-order valence-corrected chi connectivity index (χ1v) is 10.7. The molecule has 1 aromatic carbocycles. The Labute approximate surface area is 189 Å². The number of rotatable bonds is 5. The van der Waals surface area contributed by atoms with Crippen molar-refractivity contribution < 1.29 is 23.8 Å². The minimum absolute atomic E-state index is 0.0298. The van der Waals surface area contributed by atoms with Crippen LogP contribution in [-0.4, -0.2) is 72.4 Å². The monoisotopic (exact) mass is 460 g/mol. The van der Waals surface area contributed by atoms with Gasteiger partial charge in [-0.05, 0) is 39.3 Å². The number of halogens is 2. The lowest BCUT2D eigenvalue weighted by molar-refractivity contribution is -0.137. The number of fused-ring (bicyclic) bond motifs is 1. The number of piperidine rings is 1. The zero-order valence-corrected chi connectivity index (χ0v) is 18.6. The van der Waals surface area contributed by atoms with Crippen molar-refractivity contribution in [1.29, 1.82) is 0 Å². The Morgan fingerprint density at radius 2 is 2.03 bits per heavy atom. The quantitative estimate of drug-likeness (QED) is 0.533. The summed E-state index contributed by atoms with van der Waals surface area (Å²) in [6, 6.07) is 2.40. The highest BCUT2D eigenvalue weighted by Gasteiger charge is 2.30. The predicted octanol–water partition coefficient (Wildman–Crippen LogP) is 2.03.